The van der Waals surface area contributed by atoms with Crippen LogP contribution in [0.2, 0.25) is 0 Å². The molecule has 0 spiro atoms. The van der Waals surface area contributed by atoms with Crippen LogP contribution in [0.25, 0.3) is 0 Å². The molecule has 0 fully saturated rings. The van der Waals surface area contributed by atoms with E-state index in [0.717, 1.165) is 22.0 Å². The molecular weight excluding hydrogens is 382 g/mol. The Bertz CT molecular complexity index is 704. The van der Waals surface area contributed by atoms with E-state index in [2.05, 4.69) is 26.6 Å². The molecule has 0 aliphatic heterocycles. The fourth-order valence-electron chi connectivity index (χ4n) is 2.66. The molecule has 132 valence electrons. The van der Waals surface area contributed by atoms with E-state index in [1.807, 2.05) is 61.5 Å². The lowest BCUT2D eigenvalue weighted by Crippen LogP contribution is -2.37. The Hall–Kier alpha value is -2.34. The molecule has 3 amide bonds. The zero-order valence-corrected chi connectivity index (χ0v) is 15.6. The number of primary amides is 1. The SMILES string of the molecule is CC[C@H](NC(=O)C[C@H](NC(N)=O)c1ccccc1)c1ccc(Br)cc1. The quantitative estimate of drug-likeness (QED) is 0.656. The highest BCUT2D eigenvalue weighted by molar-refractivity contribution is 9.10. The van der Waals surface area contributed by atoms with Crippen molar-refractivity contribution in [3.63, 3.8) is 0 Å². The largest absolute Gasteiger partial charge is 0.352 e. The monoisotopic (exact) mass is 403 g/mol. The molecule has 2 aromatic rings. The number of carbonyl (C=O) groups excluding carboxylic acids is 2. The fourth-order valence-corrected chi connectivity index (χ4v) is 2.93. The van der Waals surface area contributed by atoms with Crippen LogP contribution in [0.5, 0.6) is 0 Å². The molecule has 2 rings (SSSR count). The molecule has 0 bridgehead atoms. The molecule has 4 N–H and O–H groups in total. The summed E-state index contributed by atoms with van der Waals surface area (Å²) in [7, 11) is 0. The van der Waals surface area contributed by atoms with Crippen molar-refractivity contribution in [2.75, 3.05) is 0 Å². The van der Waals surface area contributed by atoms with Crippen LogP contribution in [-0.2, 0) is 4.79 Å². The number of amides is 3. The van der Waals surface area contributed by atoms with Gasteiger partial charge in [-0.3, -0.25) is 4.79 Å². The molecule has 0 radical (unpaired) electrons. The van der Waals surface area contributed by atoms with Gasteiger partial charge in [-0.1, -0.05) is 65.3 Å². The van der Waals surface area contributed by atoms with Gasteiger partial charge in [0.2, 0.25) is 5.91 Å². The molecule has 5 nitrogen and oxygen atoms in total. The second-order valence-electron chi connectivity index (χ2n) is 5.76. The number of benzene rings is 2. The number of hydrogen-bond donors (Lipinski definition) is 3. The number of carbonyl (C=O) groups is 2. The molecule has 0 unspecified atom stereocenters. The Morgan fingerprint density at radius 2 is 1.56 bits per heavy atom. The van der Waals surface area contributed by atoms with Crippen LogP contribution in [0, 0.1) is 0 Å². The minimum absolute atomic E-state index is 0.0781. The van der Waals surface area contributed by atoms with Gasteiger partial charge in [-0.25, -0.2) is 4.79 Å². The van der Waals surface area contributed by atoms with Crippen LogP contribution in [-0.4, -0.2) is 11.9 Å². The number of urea groups is 1. The summed E-state index contributed by atoms with van der Waals surface area (Å²) in [5, 5.41) is 5.67. The molecule has 0 aliphatic rings. The molecule has 0 saturated heterocycles. The van der Waals surface area contributed by atoms with Crippen LogP contribution in [0.1, 0.15) is 43.0 Å². The number of halogens is 1. The first kappa shape index (κ1) is 19.0. The van der Waals surface area contributed by atoms with Crippen molar-refractivity contribution in [3.05, 3.63) is 70.2 Å². The van der Waals surface area contributed by atoms with Gasteiger partial charge in [0.1, 0.15) is 0 Å². The second kappa shape index (κ2) is 9.22. The van der Waals surface area contributed by atoms with E-state index >= 15 is 0 Å². The van der Waals surface area contributed by atoms with Crippen molar-refractivity contribution in [3.8, 4) is 0 Å². The zero-order chi connectivity index (χ0) is 18.2. The van der Waals surface area contributed by atoms with Gasteiger partial charge in [0.15, 0.2) is 0 Å². The maximum absolute atomic E-state index is 12.5. The summed E-state index contributed by atoms with van der Waals surface area (Å²) < 4.78 is 0.993. The van der Waals surface area contributed by atoms with E-state index in [-0.39, 0.29) is 18.4 Å². The highest BCUT2D eigenvalue weighted by Gasteiger charge is 2.19. The van der Waals surface area contributed by atoms with E-state index in [1.165, 1.54) is 0 Å². The minimum atomic E-state index is -0.651. The summed E-state index contributed by atoms with van der Waals surface area (Å²) in [6.45, 7) is 2.02. The van der Waals surface area contributed by atoms with E-state index in [9.17, 15) is 9.59 Å². The Morgan fingerprint density at radius 1 is 0.960 bits per heavy atom. The van der Waals surface area contributed by atoms with Gasteiger partial charge in [0.05, 0.1) is 18.5 Å². The first-order valence-electron chi connectivity index (χ1n) is 8.15. The Balaban J connectivity index is 2.06. The van der Waals surface area contributed by atoms with Crippen LogP contribution in [0.4, 0.5) is 4.79 Å². The summed E-state index contributed by atoms with van der Waals surface area (Å²) in [5.41, 5.74) is 7.13. The van der Waals surface area contributed by atoms with Crippen LogP contribution in [0.3, 0.4) is 0 Å². The van der Waals surface area contributed by atoms with E-state index in [0.29, 0.717) is 0 Å². The predicted octanol–water partition coefficient (Wildman–Crippen LogP) is 3.82. The molecule has 0 aromatic heterocycles. The van der Waals surface area contributed by atoms with Gasteiger partial charge in [-0.05, 0) is 29.7 Å². The summed E-state index contributed by atoms with van der Waals surface area (Å²) in [6, 6.07) is 16.0. The van der Waals surface area contributed by atoms with Gasteiger partial charge < -0.3 is 16.4 Å². The fraction of sp³-hybridized carbons (Fsp3) is 0.263. The summed E-state index contributed by atoms with van der Waals surface area (Å²) in [5.74, 6) is -0.141. The van der Waals surface area contributed by atoms with Crippen molar-refractivity contribution in [1.29, 1.82) is 0 Å². The summed E-state index contributed by atoms with van der Waals surface area (Å²) in [6.07, 6.45) is 0.895. The third kappa shape index (κ3) is 5.90. The Kier molecular flexibility index (Phi) is 7.01. The zero-order valence-electron chi connectivity index (χ0n) is 14.0. The van der Waals surface area contributed by atoms with E-state index < -0.39 is 12.1 Å². The molecule has 2 aromatic carbocycles. The Morgan fingerprint density at radius 3 is 2.12 bits per heavy atom. The minimum Gasteiger partial charge on any atom is -0.352 e. The van der Waals surface area contributed by atoms with Crippen LogP contribution < -0.4 is 16.4 Å². The lowest BCUT2D eigenvalue weighted by atomic mass is 10.0. The highest BCUT2D eigenvalue weighted by atomic mass is 79.9. The number of nitrogens with two attached hydrogens (primary N) is 1. The molecule has 0 heterocycles. The number of hydrogen-bond acceptors (Lipinski definition) is 2. The van der Waals surface area contributed by atoms with Gasteiger partial charge >= 0.3 is 6.03 Å². The number of rotatable bonds is 7. The standard InChI is InChI=1S/C19H22BrN3O2/c1-2-16(14-8-10-15(20)11-9-14)22-18(24)12-17(23-19(21)25)13-6-4-3-5-7-13/h3-11,16-17H,2,12H2,1H3,(H,22,24)(H3,21,23,25)/t16-,17-/m0/s1. The second-order valence-corrected chi connectivity index (χ2v) is 6.67. The lowest BCUT2D eigenvalue weighted by Gasteiger charge is -2.21. The van der Waals surface area contributed by atoms with Crippen molar-refractivity contribution in [1.82, 2.24) is 10.6 Å². The molecule has 0 saturated carbocycles. The average Bonchev–Trinajstić information content (AvgIpc) is 2.60. The van der Waals surface area contributed by atoms with E-state index in [1.54, 1.807) is 0 Å². The number of nitrogens with one attached hydrogen (secondary N) is 2. The lowest BCUT2D eigenvalue weighted by molar-refractivity contribution is -0.122. The molecule has 6 heteroatoms. The maximum Gasteiger partial charge on any atom is 0.312 e. The van der Waals surface area contributed by atoms with Crippen molar-refractivity contribution in [2.45, 2.75) is 31.8 Å². The van der Waals surface area contributed by atoms with E-state index in [4.69, 9.17) is 5.73 Å². The van der Waals surface area contributed by atoms with Gasteiger partial charge in [-0.2, -0.15) is 0 Å². The van der Waals surface area contributed by atoms with Gasteiger partial charge in [0.25, 0.3) is 0 Å². The normalized spacial score (nSPS) is 12.9. The molecule has 2 atom stereocenters. The summed E-state index contributed by atoms with van der Waals surface area (Å²) >= 11 is 3.41. The Labute approximate surface area is 156 Å². The molecule has 25 heavy (non-hydrogen) atoms. The third-order valence-corrected chi connectivity index (χ3v) is 4.45. The van der Waals surface area contributed by atoms with Gasteiger partial charge in [-0.15, -0.1) is 0 Å². The van der Waals surface area contributed by atoms with Crippen LogP contribution in [0.15, 0.2) is 59.1 Å². The van der Waals surface area contributed by atoms with Crippen LogP contribution >= 0.6 is 15.9 Å². The first-order valence-corrected chi connectivity index (χ1v) is 8.94. The first-order chi connectivity index (χ1) is 12.0. The van der Waals surface area contributed by atoms with Gasteiger partial charge in [0, 0.05) is 4.47 Å². The smallest absolute Gasteiger partial charge is 0.312 e. The third-order valence-electron chi connectivity index (χ3n) is 3.92. The maximum atomic E-state index is 12.5. The highest BCUT2D eigenvalue weighted by Crippen LogP contribution is 2.21. The van der Waals surface area contributed by atoms with Crippen molar-refractivity contribution < 1.29 is 9.59 Å². The molecular formula is C19H22BrN3O2. The molecule has 0 aliphatic carbocycles. The van der Waals surface area contributed by atoms with Crippen molar-refractivity contribution in [2.24, 2.45) is 5.73 Å². The predicted molar refractivity (Wildman–Crippen MR) is 102 cm³/mol. The van der Waals surface area contributed by atoms with Crippen molar-refractivity contribution >= 4 is 27.9 Å². The summed E-state index contributed by atoms with van der Waals surface area (Å²) in [4.78, 5) is 23.8. The average molecular weight is 404 g/mol. The topological polar surface area (TPSA) is 84.2 Å².